The van der Waals surface area contributed by atoms with E-state index in [1.165, 1.54) is 76.7 Å². The van der Waals surface area contributed by atoms with Crippen LogP contribution in [0.4, 0.5) is 0 Å². The number of nitrogens with one attached hydrogen (secondary N) is 1. The van der Waals surface area contributed by atoms with Gasteiger partial charge < -0.3 is 40.3 Å². The van der Waals surface area contributed by atoms with Crippen LogP contribution in [0.1, 0.15) is 136 Å². The summed E-state index contributed by atoms with van der Waals surface area (Å²) in [7, 11) is -5.12. The van der Waals surface area contributed by atoms with Crippen LogP contribution >= 0.6 is 0 Å². The van der Waals surface area contributed by atoms with Gasteiger partial charge in [0, 0.05) is 6.42 Å². The normalized spacial score (nSPS) is 22.9. The summed E-state index contributed by atoms with van der Waals surface area (Å²) < 4.78 is 47.2. The minimum Gasteiger partial charge on any atom is -0.394 e. The molecule has 8 atom stereocenters. The van der Waals surface area contributed by atoms with Crippen LogP contribution in [-0.2, 0) is 28.9 Å². The molecule has 1 amide bonds. The summed E-state index contributed by atoms with van der Waals surface area (Å²) in [6.07, 6.45) is 23.8. The molecule has 1 heterocycles. The number of aliphatic hydroxyl groups excluding tert-OH is 5. The van der Waals surface area contributed by atoms with Crippen molar-refractivity contribution in [1.82, 2.24) is 5.32 Å². The van der Waals surface area contributed by atoms with Crippen molar-refractivity contribution in [3.63, 3.8) is 0 Å². The Balaban J connectivity index is 2.77. The van der Waals surface area contributed by atoms with E-state index in [0.29, 0.717) is 12.8 Å². The molecule has 0 aromatic heterocycles. The second-order valence-electron chi connectivity index (χ2n) is 14.0. The molecule has 0 radical (unpaired) electrons. The standard InChI is InChI=1S/C40H71NO12S/c1-3-5-7-9-11-13-15-17-19-20-22-24-26-28-33(43)32(31-51-40-37(46)38(53-54(48,49)50)36(45)35(30-42)52-40)41-39(47)34(44)29-27-25-23-21-18-16-14-12-10-8-6-4-2/h18-21,25-28,32-38,40,42-46H,3-17,22-24,29-31H2,1-2H3,(H,41,47)(H,48,49,50)/b20-19+,21-18-,27-25-,28-26+. The van der Waals surface area contributed by atoms with Crippen molar-refractivity contribution in [2.75, 3.05) is 13.2 Å². The summed E-state index contributed by atoms with van der Waals surface area (Å²) in [5.74, 6) is -0.783. The van der Waals surface area contributed by atoms with Crippen LogP contribution in [-0.4, -0.2) is 107 Å². The molecular weight excluding hydrogens is 719 g/mol. The first kappa shape index (κ1) is 50.0. The van der Waals surface area contributed by atoms with E-state index in [-0.39, 0.29) is 6.42 Å². The Hall–Kier alpha value is -1.98. The first-order valence-electron chi connectivity index (χ1n) is 20.1. The smallest absolute Gasteiger partial charge is 0.394 e. The maximum atomic E-state index is 13.0. The number of allylic oxidation sites excluding steroid dienone is 6. The minimum atomic E-state index is -5.12. The van der Waals surface area contributed by atoms with E-state index >= 15 is 0 Å². The summed E-state index contributed by atoms with van der Waals surface area (Å²) in [6, 6.07) is -1.17. The van der Waals surface area contributed by atoms with Gasteiger partial charge in [-0.1, -0.05) is 133 Å². The highest BCUT2D eigenvalue weighted by Gasteiger charge is 2.48. The second-order valence-corrected chi connectivity index (χ2v) is 15.1. The molecule has 0 aromatic carbocycles. The molecule has 0 aliphatic carbocycles. The molecule has 1 aliphatic heterocycles. The lowest BCUT2D eigenvalue weighted by Crippen LogP contribution is -2.61. The number of hydrogen-bond donors (Lipinski definition) is 7. The van der Waals surface area contributed by atoms with Gasteiger partial charge in [0.15, 0.2) is 6.29 Å². The maximum Gasteiger partial charge on any atom is 0.397 e. The number of hydrogen-bond acceptors (Lipinski definition) is 11. The maximum absolute atomic E-state index is 13.0. The van der Waals surface area contributed by atoms with Gasteiger partial charge >= 0.3 is 10.4 Å². The van der Waals surface area contributed by atoms with Crippen molar-refractivity contribution < 1.29 is 57.0 Å². The van der Waals surface area contributed by atoms with Gasteiger partial charge in [-0.3, -0.25) is 9.35 Å². The number of unbranched alkanes of at least 4 members (excludes halogenated alkanes) is 14. The summed E-state index contributed by atoms with van der Waals surface area (Å²) in [5.41, 5.74) is 0. The first-order chi connectivity index (χ1) is 25.9. The molecule has 0 spiro atoms. The van der Waals surface area contributed by atoms with E-state index in [1.54, 1.807) is 12.2 Å². The van der Waals surface area contributed by atoms with Crippen LogP contribution in [0.15, 0.2) is 48.6 Å². The van der Waals surface area contributed by atoms with E-state index in [0.717, 1.165) is 32.1 Å². The van der Waals surface area contributed by atoms with Crippen LogP contribution in [0, 0.1) is 0 Å². The fourth-order valence-corrected chi connectivity index (χ4v) is 6.44. The SMILES string of the molecule is CCCCCCCC/C=C\C/C=C\CC(O)C(=O)NC(COC1OC(CO)C(O)C(OS(=O)(=O)O)C1O)C(O)/C=C/CC/C=C/CCCCCCCCC. The number of rotatable bonds is 32. The molecule has 1 fully saturated rings. The third-order valence-electron chi connectivity index (χ3n) is 9.20. The van der Waals surface area contributed by atoms with Gasteiger partial charge in [-0.25, -0.2) is 4.18 Å². The number of carbonyl (C=O) groups is 1. The summed E-state index contributed by atoms with van der Waals surface area (Å²) in [5, 5.41) is 54.7. The fourth-order valence-electron chi connectivity index (χ4n) is 5.93. The van der Waals surface area contributed by atoms with Crippen molar-refractivity contribution >= 4 is 16.3 Å². The zero-order valence-electron chi connectivity index (χ0n) is 32.6. The lowest BCUT2D eigenvalue weighted by Gasteiger charge is -2.41. The third-order valence-corrected chi connectivity index (χ3v) is 9.67. The fraction of sp³-hybridized carbons (Fsp3) is 0.775. The van der Waals surface area contributed by atoms with Crippen molar-refractivity contribution in [3.05, 3.63) is 48.6 Å². The molecule has 7 N–H and O–H groups in total. The molecule has 1 rings (SSSR count). The molecule has 14 heteroatoms. The third kappa shape index (κ3) is 23.8. The van der Waals surface area contributed by atoms with Gasteiger partial charge in [0.25, 0.3) is 0 Å². The van der Waals surface area contributed by atoms with E-state index in [1.807, 2.05) is 12.2 Å². The topological polar surface area (TPSA) is 212 Å². The summed E-state index contributed by atoms with van der Waals surface area (Å²) >= 11 is 0. The number of amides is 1. The molecule has 0 bridgehead atoms. The van der Waals surface area contributed by atoms with Gasteiger partial charge in [0.05, 0.1) is 25.4 Å². The van der Waals surface area contributed by atoms with Crippen molar-refractivity contribution in [1.29, 1.82) is 0 Å². The van der Waals surface area contributed by atoms with Crippen LogP contribution in [0.2, 0.25) is 0 Å². The summed E-state index contributed by atoms with van der Waals surface area (Å²) in [6.45, 7) is 3.09. The van der Waals surface area contributed by atoms with Gasteiger partial charge in [0.2, 0.25) is 5.91 Å². The zero-order valence-corrected chi connectivity index (χ0v) is 33.4. The van der Waals surface area contributed by atoms with Crippen LogP contribution < -0.4 is 5.32 Å². The van der Waals surface area contributed by atoms with Crippen molar-refractivity contribution in [3.8, 4) is 0 Å². The molecule has 13 nitrogen and oxygen atoms in total. The van der Waals surface area contributed by atoms with Crippen LogP contribution in [0.3, 0.4) is 0 Å². The predicted molar refractivity (Wildman–Crippen MR) is 210 cm³/mol. The molecule has 314 valence electrons. The monoisotopic (exact) mass is 789 g/mol. The molecule has 1 saturated heterocycles. The highest BCUT2D eigenvalue weighted by Crippen LogP contribution is 2.26. The van der Waals surface area contributed by atoms with Gasteiger partial charge in [0.1, 0.15) is 30.5 Å². The summed E-state index contributed by atoms with van der Waals surface area (Å²) in [4.78, 5) is 13.0. The largest absolute Gasteiger partial charge is 0.397 e. The second kappa shape index (κ2) is 31.1. The van der Waals surface area contributed by atoms with Gasteiger partial charge in [-0.15, -0.1) is 0 Å². The lowest BCUT2D eigenvalue weighted by molar-refractivity contribution is -0.298. The Labute approximate surface area is 324 Å². The van der Waals surface area contributed by atoms with Gasteiger partial charge in [-0.2, -0.15) is 8.42 Å². The van der Waals surface area contributed by atoms with E-state index in [2.05, 4.69) is 41.6 Å². The lowest BCUT2D eigenvalue weighted by atomic mass is 9.99. The van der Waals surface area contributed by atoms with E-state index < -0.39 is 78.5 Å². The molecule has 1 aliphatic rings. The zero-order chi connectivity index (χ0) is 40.0. The minimum absolute atomic E-state index is 0.0248. The number of carbonyl (C=O) groups excluding carboxylic acids is 1. The molecule has 0 saturated carbocycles. The number of aliphatic hydroxyl groups is 5. The Kier molecular flexibility index (Phi) is 28.9. The van der Waals surface area contributed by atoms with E-state index in [4.69, 9.17) is 14.0 Å². The van der Waals surface area contributed by atoms with Crippen LogP contribution in [0.5, 0.6) is 0 Å². The Bertz CT molecular complexity index is 1180. The van der Waals surface area contributed by atoms with Crippen molar-refractivity contribution in [2.24, 2.45) is 0 Å². The Morgan fingerprint density at radius 3 is 1.89 bits per heavy atom. The number of ether oxygens (including phenoxy) is 2. The van der Waals surface area contributed by atoms with Crippen molar-refractivity contribution in [2.45, 2.75) is 185 Å². The quantitative estimate of drug-likeness (QED) is 0.0255. The average Bonchev–Trinajstić information content (AvgIpc) is 3.14. The Morgan fingerprint density at radius 2 is 1.30 bits per heavy atom. The highest BCUT2D eigenvalue weighted by atomic mass is 32.3. The molecule has 8 unspecified atom stereocenters. The highest BCUT2D eigenvalue weighted by molar-refractivity contribution is 7.80. The van der Waals surface area contributed by atoms with Crippen LogP contribution in [0.25, 0.3) is 0 Å². The molecule has 54 heavy (non-hydrogen) atoms. The molecular formula is C40H71NO12S. The first-order valence-corrected chi connectivity index (χ1v) is 21.5. The van der Waals surface area contributed by atoms with Gasteiger partial charge in [-0.05, 0) is 44.9 Å². The molecule has 0 aromatic rings. The predicted octanol–water partition coefficient (Wildman–Crippen LogP) is 5.51. The average molecular weight is 790 g/mol. The Morgan fingerprint density at radius 1 is 0.759 bits per heavy atom. The van der Waals surface area contributed by atoms with E-state index in [9.17, 15) is 38.7 Å².